The van der Waals surface area contributed by atoms with Crippen LogP contribution < -0.4 is 15.2 Å². The maximum atomic E-state index is 12.8. The SMILES string of the molecule is CC1(C)CC(NS(=O)(=O)c2ccccc2Cl)c2cc(N)ccc2O1. The van der Waals surface area contributed by atoms with Gasteiger partial charge in [-0.1, -0.05) is 23.7 Å². The lowest BCUT2D eigenvalue weighted by Gasteiger charge is -2.37. The van der Waals surface area contributed by atoms with Crippen molar-refractivity contribution in [2.75, 3.05) is 5.73 Å². The number of hydrogen-bond acceptors (Lipinski definition) is 4. The van der Waals surface area contributed by atoms with Crippen LogP contribution in [0.5, 0.6) is 5.75 Å². The second kappa shape index (κ2) is 5.95. The van der Waals surface area contributed by atoms with Crippen LogP contribution in [0.4, 0.5) is 5.69 Å². The van der Waals surface area contributed by atoms with Crippen LogP contribution in [-0.4, -0.2) is 14.0 Å². The molecule has 2 aromatic carbocycles. The molecule has 1 unspecified atom stereocenters. The zero-order valence-electron chi connectivity index (χ0n) is 13.4. The third-order valence-corrected chi connectivity index (χ3v) is 5.89. The predicted octanol–water partition coefficient (Wildman–Crippen LogP) is 3.50. The molecule has 2 aromatic rings. The number of halogens is 1. The first-order valence-corrected chi connectivity index (χ1v) is 9.39. The maximum absolute atomic E-state index is 12.8. The van der Waals surface area contributed by atoms with Crippen LogP contribution in [0.1, 0.15) is 31.9 Å². The zero-order valence-corrected chi connectivity index (χ0v) is 15.0. The van der Waals surface area contributed by atoms with E-state index in [2.05, 4.69) is 4.72 Å². The van der Waals surface area contributed by atoms with E-state index in [0.29, 0.717) is 17.9 Å². The summed E-state index contributed by atoms with van der Waals surface area (Å²) in [5.41, 5.74) is 6.64. The van der Waals surface area contributed by atoms with Gasteiger partial charge in [-0.2, -0.15) is 0 Å². The van der Waals surface area contributed by atoms with E-state index in [-0.39, 0.29) is 9.92 Å². The van der Waals surface area contributed by atoms with Gasteiger partial charge in [0.25, 0.3) is 0 Å². The highest BCUT2D eigenvalue weighted by Crippen LogP contribution is 2.41. The monoisotopic (exact) mass is 366 g/mol. The van der Waals surface area contributed by atoms with E-state index in [1.807, 2.05) is 13.8 Å². The fourth-order valence-corrected chi connectivity index (χ4v) is 4.63. The van der Waals surface area contributed by atoms with Crippen molar-refractivity contribution in [3.8, 4) is 5.75 Å². The molecule has 5 nitrogen and oxygen atoms in total. The average Bonchev–Trinajstić information content (AvgIpc) is 2.47. The molecule has 1 aliphatic heterocycles. The van der Waals surface area contributed by atoms with E-state index in [1.54, 1.807) is 36.4 Å². The first kappa shape index (κ1) is 17.1. The third-order valence-electron chi connectivity index (χ3n) is 3.91. The number of nitrogen functional groups attached to an aromatic ring is 1. The van der Waals surface area contributed by atoms with Gasteiger partial charge in [0.05, 0.1) is 11.1 Å². The molecule has 0 bridgehead atoms. The summed E-state index contributed by atoms with van der Waals surface area (Å²) in [7, 11) is -3.77. The molecule has 3 N–H and O–H groups in total. The van der Waals surface area contributed by atoms with E-state index >= 15 is 0 Å². The predicted molar refractivity (Wildman–Crippen MR) is 94.7 cm³/mol. The number of nitrogens with one attached hydrogen (secondary N) is 1. The van der Waals surface area contributed by atoms with Crippen molar-refractivity contribution in [1.82, 2.24) is 4.72 Å². The largest absolute Gasteiger partial charge is 0.487 e. The minimum atomic E-state index is -3.77. The molecule has 0 aliphatic carbocycles. The van der Waals surface area contributed by atoms with Crippen LogP contribution in [0.2, 0.25) is 5.02 Å². The van der Waals surface area contributed by atoms with Crippen LogP contribution in [0.25, 0.3) is 0 Å². The van der Waals surface area contributed by atoms with Gasteiger partial charge < -0.3 is 10.5 Å². The normalized spacial score (nSPS) is 19.4. The fraction of sp³-hybridized carbons (Fsp3) is 0.294. The molecule has 0 aromatic heterocycles. The minimum absolute atomic E-state index is 0.0569. The van der Waals surface area contributed by atoms with Gasteiger partial charge in [0, 0.05) is 17.7 Å². The molecule has 0 saturated carbocycles. The molecule has 0 radical (unpaired) electrons. The van der Waals surface area contributed by atoms with Crippen LogP contribution in [0, 0.1) is 0 Å². The second-order valence-electron chi connectivity index (χ2n) is 6.47. The number of sulfonamides is 1. The quantitative estimate of drug-likeness (QED) is 0.814. The highest BCUT2D eigenvalue weighted by atomic mass is 35.5. The van der Waals surface area contributed by atoms with Gasteiger partial charge in [0.1, 0.15) is 16.2 Å². The number of nitrogens with two attached hydrogens (primary N) is 1. The van der Waals surface area contributed by atoms with Crippen molar-refractivity contribution in [2.24, 2.45) is 0 Å². The van der Waals surface area contributed by atoms with Crippen molar-refractivity contribution in [3.63, 3.8) is 0 Å². The lowest BCUT2D eigenvalue weighted by molar-refractivity contribution is 0.0702. The van der Waals surface area contributed by atoms with Crippen molar-refractivity contribution < 1.29 is 13.2 Å². The zero-order chi connectivity index (χ0) is 17.5. The molecule has 3 rings (SSSR count). The molecular weight excluding hydrogens is 348 g/mol. The summed E-state index contributed by atoms with van der Waals surface area (Å²) in [6, 6.07) is 11.2. The van der Waals surface area contributed by atoms with E-state index < -0.39 is 21.7 Å². The Kier molecular flexibility index (Phi) is 4.23. The van der Waals surface area contributed by atoms with Crippen LogP contribution in [0.3, 0.4) is 0 Å². The summed E-state index contributed by atoms with van der Waals surface area (Å²) in [6.45, 7) is 3.84. The van der Waals surface area contributed by atoms with Crippen molar-refractivity contribution in [2.45, 2.75) is 36.8 Å². The van der Waals surface area contributed by atoms with Crippen molar-refractivity contribution in [1.29, 1.82) is 0 Å². The minimum Gasteiger partial charge on any atom is -0.487 e. The summed E-state index contributed by atoms with van der Waals surface area (Å²) in [5, 5.41) is 0.184. The summed E-state index contributed by atoms with van der Waals surface area (Å²) in [4.78, 5) is 0.0569. The van der Waals surface area contributed by atoms with E-state index in [1.165, 1.54) is 6.07 Å². The Bertz CT molecular complexity index is 881. The highest BCUT2D eigenvalue weighted by Gasteiger charge is 2.36. The Morgan fingerprint density at radius 2 is 1.96 bits per heavy atom. The number of anilines is 1. The lowest BCUT2D eigenvalue weighted by atomic mass is 9.90. The third kappa shape index (κ3) is 3.36. The molecular formula is C17H19ClN2O3S. The number of rotatable bonds is 3. The van der Waals surface area contributed by atoms with Crippen LogP contribution in [-0.2, 0) is 10.0 Å². The van der Waals surface area contributed by atoms with Gasteiger partial charge in [0.2, 0.25) is 10.0 Å². The van der Waals surface area contributed by atoms with Gasteiger partial charge in [-0.25, -0.2) is 13.1 Å². The Balaban J connectivity index is 2.01. The summed E-state index contributed by atoms with van der Waals surface area (Å²) < 4.78 is 34.2. The number of ether oxygens (including phenoxy) is 1. The first-order chi connectivity index (χ1) is 11.2. The first-order valence-electron chi connectivity index (χ1n) is 7.53. The molecule has 128 valence electrons. The average molecular weight is 367 g/mol. The van der Waals surface area contributed by atoms with Crippen LogP contribution in [0.15, 0.2) is 47.4 Å². The fourth-order valence-electron chi connectivity index (χ4n) is 2.89. The number of benzene rings is 2. The molecule has 0 amide bonds. The van der Waals surface area contributed by atoms with Gasteiger partial charge in [-0.3, -0.25) is 0 Å². The van der Waals surface area contributed by atoms with E-state index in [0.717, 1.165) is 5.56 Å². The molecule has 1 heterocycles. The molecule has 24 heavy (non-hydrogen) atoms. The smallest absolute Gasteiger partial charge is 0.242 e. The molecule has 0 saturated heterocycles. The molecule has 7 heteroatoms. The Hall–Kier alpha value is -1.76. The lowest BCUT2D eigenvalue weighted by Crippen LogP contribution is -2.41. The van der Waals surface area contributed by atoms with E-state index in [9.17, 15) is 8.42 Å². The Morgan fingerprint density at radius 1 is 1.25 bits per heavy atom. The standard InChI is InChI=1S/C17H19ClN2O3S/c1-17(2)10-14(12-9-11(19)7-8-15(12)23-17)20-24(21,22)16-6-4-3-5-13(16)18/h3-9,14,20H,10,19H2,1-2H3. The van der Waals surface area contributed by atoms with Gasteiger partial charge in [-0.05, 0) is 44.2 Å². The second-order valence-corrected chi connectivity index (χ2v) is 8.56. The Labute approximate surface area is 146 Å². The molecule has 1 aliphatic rings. The summed E-state index contributed by atoms with van der Waals surface area (Å²) in [6.07, 6.45) is 0.479. The molecule has 1 atom stereocenters. The van der Waals surface area contributed by atoms with Crippen LogP contribution >= 0.6 is 11.6 Å². The van der Waals surface area contributed by atoms with Crippen molar-refractivity contribution >= 4 is 27.3 Å². The van der Waals surface area contributed by atoms with Gasteiger partial charge in [-0.15, -0.1) is 0 Å². The summed E-state index contributed by atoms with van der Waals surface area (Å²) >= 11 is 6.04. The molecule has 0 fully saturated rings. The van der Waals surface area contributed by atoms with Crippen molar-refractivity contribution in [3.05, 3.63) is 53.1 Å². The number of fused-ring (bicyclic) bond motifs is 1. The van der Waals surface area contributed by atoms with E-state index in [4.69, 9.17) is 22.1 Å². The topological polar surface area (TPSA) is 81.4 Å². The number of hydrogen-bond donors (Lipinski definition) is 2. The maximum Gasteiger partial charge on any atom is 0.242 e. The highest BCUT2D eigenvalue weighted by molar-refractivity contribution is 7.89. The molecule has 0 spiro atoms. The van der Waals surface area contributed by atoms with Gasteiger partial charge >= 0.3 is 0 Å². The van der Waals surface area contributed by atoms with Gasteiger partial charge in [0.15, 0.2) is 0 Å². The Morgan fingerprint density at radius 3 is 2.67 bits per heavy atom. The summed E-state index contributed by atoms with van der Waals surface area (Å²) in [5.74, 6) is 0.632.